The number of aromatic nitrogens is 5. The van der Waals surface area contributed by atoms with Crippen molar-refractivity contribution >= 4 is 23.1 Å². The summed E-state index contributed by atoms with van der Waals surface area (Å²) in [5, 5.41) is 8.24. The van der Waals surface area contributed by atoms with E-state index in [4.69, 9.17) is 0 Å². The summed E-state index contributed by atoms with van der Waals surface area (Å²) in [6.45, 7) is 11.9. The van der Waals surface area contributed by atoms with E-state index in [9.17, 15) is 4.79 Å². The molecule has 136 valence electrons. The number of hydrogen-bond acceptors (Lipinski definition) is 6. The molecule has 0 saturated carbocycles. The van der Waals surface area contributed by atoms with E-state index in [1.807, 2.05) is 26.8 Å². The van der Waals surface area contributed by atoms with Crippen LogP contribution in [0.2, 0.25) is 0 Å². The van der Waals surface area contributed by atoms with Crippen LogP contribution in [0.1, 0.15) is 52.5 Å². The van der Waals surface area contributed by atoms with Crippen molar-refractivity contribution in [1.82, 2.24) is 24.7 Å². The Morgan fingerprint density at radius 2 is 1.73 bits per heavy atom. The van der Waals surface area contributed by atoms with E-state index in [1.165, 1.54) is 11.3 Å². The second kappa shape index (κ2) is 6.60. The van der Waals surface area contributed by atoms with Gasteiger partial charge in [-0.05, 0) is 26.8 Å². The fourth-order valence-electron chi connectivity index (χ4n) is 2.45. The molecule has 0 aliphatic carbocycles. The Hall–Kier alpha value is -2.61. The second-order valence-electron chi connectivity index (χ2n) is 7.27. The second-order valence-corrected chi connectivity index (χ2v) is 8.30. The van der Waals surface area contributed by atoms with Gasteiger partial charge in [0, 0.05) is 22.9 Å². The lowest BCUT2D eigenvalue weighted by Gasteiger charge is -2.13. The zero-order chi connectivity index (χ0) is 19.1. The van der Waals surface area contributed by atoms with Crippen molar-refractivity contribution in [2.24, 2.45) is 0 Å². The summed E-state index contributed by atoms with van der Waals surface area (Å²) >= 11 is 1.40. The number of carbonyl (C=O) groups excluding carboxylic acids is 1. The molecule has 3 heterocycles. The number of hydrogen-bond donors (Lipinski definition) is 1. The van der Waals surface area contributed by atoms with Gasteiger partial charge in [0.2, 0.25) is 0 Å². The number of thiazole rings is 1. The molecule has 3 rings (SSSR count). The molecule has 0 radical (unpaired) electrons. The molecule has 3 aromatic rings. The van der Waals surface area contributed by atoms with Gasteiger partial charge in [0.25, 0.3) is 11.9 Å². The van der Waals surface area contributed by atoms with E-state index in [1.54, 1.807) is 16.9 Å². The molecular weight excluding hydrogens is 348 g/mol. The Kier molecular flexibility index (Phi) is 4.62. The molecule has 7 nitrogen and oxygen atoms in total. The number of carbonyl (C=O) groups is 1. The molecule has 0 saturated heterocycles. The first-order chi connectivity index (χ1) is 12.1. The topological polar surface area (TPSA) is 85.6 Å². The van der Waals surface area contributed by atoms with Gasteiger partial charge in [-0.25, -0.2) is 15.0 Å². The van der Waals surface area contributed by atoms with E-state index < -0.39 is 0 Å². The molecule has 26 heavy (non-hydrogen) atoms. The normalized spacial score (nSPS) is 11.6. The first-order valence-electron chi connectivity index (χ1n) is 8.30. The minimum Gasteiger partial charge on any atom is -0.306 e. The molecule has 1 amide bonds. The molecule has 0 aromatic carbocycles. The lowest BCUT2D eigenvalue weighted by molar-refractivity contribution is 0.102. The predicted octanol–water partition coefficient (Wildman–Crippen LogP) is 3.59. The first-order valence-corrected chi connectivity index (χ1v) is 9.12. The maximum atomic E-state index is 12.7. The molecule has 0 aliphatic heterocycles. The van der Waals surface area contributed by atoms with Crippen LogP contribution < -0.4 is 5.32 Å². The number of rotatable bonds is 3. The quantitative estimate of drug-likeness (QED) is 0.761. The number of amides is 1. The zero-order valence-electron chi connectivity index (χ0n) is 15.8. The van der Waals surface area contributed by atoms with Gasteiger partial charge in [-0.1, -0.05) is 20.8 Å². The van der Waals surface area contributed by atoms with Gasteiger partial charge in [-0.15, -0.1) is 11.3 Å². The number of nitrogens with zero attached hydrogens (tertiary/aromatic N) is 5. The van der Waals surface area contributed by atoms with Crippen LogP contribution in [0, 0.1) is 20.8 Å². The lowest BCUT2D eigenvalue weighted by Crippen LogP contribution is -2.15. The van der Waals surface area contributed by atoms with Crippen molar-refractivity contribution in [2.45, 2.75) is 47.0 Å². The molecule has 0 spiro atoms. The summed E-state index contributed by atoms with van der Waals surface area (Å²) in [6, 6.07) is 3.69. The van der Waals surface area contributed by atoms with Crippen molar-refractivity contribution in [3.05, 3.63) is 45.3 Å². The maximum absolute atomic E-state index is 12.7. The largest absolute Gasteiger partial charge is 0.306 e. The van der Waals surface area contributed by atoms with Crippen molar-refractivity contribution in [1.29, 1.82) is 0 Å². The molecule has 0 bridgehead atoms. The molecule has 0 fully saturated rings. The number of aryl methyl sites for hydroxylation is 3. The summed E-state index contributed by atoms with van der Waals surface area (Å²) < 4.78 is 1.55. The van der Waals surface area contributed by atoms with Gasteiger partial charge in [-0.2, -0.15) is 9.78 Å². The highest BCUT2D eigenvalue weighted by atomic mass is 32.1. The molecule has 1 N–H and O–H groups in total. The van der Waals surface area contributed by atoms with Crippen LogP contribution in [-0.4, -0.2) is 30.6 Å². The van der Waals surface area contributed by atoms with Gasteiger partial charge in [0.15, 0.2) is 0 Å². The summed E-state index contributed by atoms with van der Waals surface area (Å²) in [5.74, 6) is 0.748. The molecule has 8 heteroatoms. The Balaban J connectivity index is 1.91. The van der Waals surface area contributed by atoms with Crippen LogP contribution >= 0.6 is 11.3 Å². The highest BCUT2D eigenvalue weighted by Crippen LogP contribution is 2.27. The van der Waals surface area contributed by atoms with Gasteiger partial charge in [-0.3, -0.25) is 4.79 Å². The summed E-state index contributed by atoms with van der Waals surface area (Å²) in [7, 11) is 0. The molecule has 0 atom stereocenters. The van der Waals surface area contributed by atoms with E-state index in [0.717, 1.165) is 22.1 Å². The predicted molar refractivity (Wildman–Crippen MR) is 102 cm³/mol. The Morgan fingerprint density at radius 1 is 1.08 bits per heavy atom. The van der Waals surface area contributed by atoms with Crippen LogP contribution in [0.25, 0.3) is 5.95 Å². The minimum absolute atomic E-state index is 0.0888. The van der Waals surface area contributed by atoms with Crippen molar-refractivity contribution in [3.63, 3.8) is 0 Å². The SMILES string of the molecule is Cc1cc(C)nc(-n2nc(C)cc2NC(=O)c2cnc(C(C)(C)C)s2)n1. The van der Waals surface area contributed by atoms with Crippen LogP contribution in [0.15, 0.2) is 18.3 Å². The highest BCUT2D eigenvalue weighted by molar-refractivity contribution is 7.13. The van der Waals surface area contributed by atoms with Gasteiger partial charge >= 0.3 is 0 Å². The molecular formula is C18H22N6OS. The average Bonchev–Trinajstić information content (AvgIpc) is 3.12. The number of anilines is 1. The van der Waals surface area contributed by atoms with E-state index in [0.29, 0.717) is 16.6 Å². The van der Waals surface area contributed by atoms with E-state index in [-0.39, 0.29) is 11.3 Å². The smallest absolute Gasteiger partial charge is 0.268 e. The lowest BCUT2D eigenvalue weighted by atomic mass is 9.98. The van der Waals surface area contributed by atoms with Crippen LogP contribution in [-0.2, 0) is 5.41 Å². The third-order valence-electron chi connectivity index (χ3n) is 3.60. The fourth-order valence-corrected chi connectivity index (χ4v) is 3.32. The van der Waals surface area contributed by atoms with Crippen molar-refractivity contribution in [3.8, 4) is 5.95 Å². The standard InChI is InChI=1S/C18H22N6OS/c1-10-7-11(2)21-17(20-10)24-14(8-12(3)23-24)22-15(25)13-9-19-16(26-13)18(4,5)6/h7-9H,1-6H3,(H,22,25). The first kappa shape index (κ1) is 18.2. The molecule has 0 unspecified atom stereocenters. The maximum Gasteiger partial charge on any atom is 0.268 e. The Morgan fingerprint density at radius 3 is 2.31 bits per heavy atom. The van der Waals surface area contributed by atoms with Crippen molar-refractivity contribution in [2.75, 3.05) is 5.32 Å². The Bertz CT molecular complexity index is 946. The van der Waals surface area contributed by atoms with Gasteiger partial charge in [0.1, 0.15) is 10.7 Å². The minimum atomic E-state index is -0.219. The van der Waals surface area contributed by atoms with E-state index in [2.05, 4.69) is 46.1 Å². The van der Waals surface area contributed by atoms with Gasteiger partial charge < -0.3 is 5.32 Å². The Labute approximate surface area is 156 Å². The third kappa shape index (κ3) is 3.80. The highest BCUT2D eigenvalue weighted by Gasteiger charge is 2.21. The summed E-state index contributed by atoms with van der Waals surface area (Å²) in [6.07, 6.45) is 1.61. The van der Waals surface area contributed by atoms with Crippen molar-refractivity contribution < 1.29 is 4.79 Å². The molecule has 0 aliphatic rings. The van der Waals surface area contributed by atoms with Crippen LogP contribution in [0.4, 0.5) is 5.82 Å². The van der Waals surface area contributed by atoms with Gasteiger partial charge in [0.05, 0.1) is 16.9 Å². The fraction of sp³-hybridized carbons (Fsp3) is 0.389. The molecule has 3 aromatic heterocycles. The monoisotopic (exact) mass is 370 g/mol. The summed E-state index contributed by atoms with van der Waals surface area (Å²) in [5.41, 5.74) is 2.36. The third-order valence-corrected chi connectivity index (χ3v) is 5.03. The average molecular weight is 370 g/mol. The number of nitrogens with one attached hydrogen (secondary N) is 1. The van der Waals surface area contributed by atoms with Crippen LogP contribution in [0.5, 0.6) is 0 Å². The van der Waals surface area contributed by atoms with E-state index >= 15 is 0 Å². The zero-order valence-corrected chi connectivity index (χ0v) is 16.6. The summed E-state index contributed by atoms with van der Waals surface area (Å²) in [4.78, 5) is 26.4. The van der Waals surface area contributed by atoms with Crippen LogP contribution in [0.3, 0.4) is 0 Å².